The Bertz CT molecular complexity index is 546. The molecule has 112 valence electrons. The smallest absolute Gasteiger partial charge is 0.142 e. The highest BCUT2D eigenvalue weighted by atomic mass is 35.5. The molecule has 0 heterocycles. The maximum atomic E-state index is 14.1. The van der Waals surface area contributed by atoms with Crippen molar-refractivity contribution in [2.75, 3.05) is 0 Å². The Hall–Kier alpha value is -0.520. The van der Waals surface area contributed by atoms with Gasteiger partial charge in [0.2, 0.25) is 0 Å². The van der Waals surface area contributed by atoms with E-state index in [1.807, 2.05) is 0 Å². The van der Waals surface area contributed by atoms with E-state index in [1.54, 1.807) is 13.8 Å². The summed E-state index contributed by atoms with van der Waals surface area (Å²) in [5.74, 6) is -1.01. The van der Waals surface area contributed by atoms with Crippen molar-refractivity contribution in [3.05, 3.63) is 34.4 Å². The van der Waals surface area contributed by atoms with Crippen molar-refractivity contribution in [2.45, 2.75) is 43.8 Å². The maximum Gasteiger partial charge on any atom is 0.142 e. The van der Waals surface area contributed by atoms with Crippen LogP contribution in [0.3, 0.4) is 0 Å². The summed E-state index contributed by atoms with van der Waals surface area (Å²) in [5.41, 5.74) is 0.313. The zero-order chi connectivity index (χ0) is 15.1. The van der Waals surface area contributed by atoms with Gasteiger partial charge in [-0.2, -0.15) is 0 Å². The van der Waals surface area contributed by atoms with Crippen LogP contribution < -0.4 is 5.14 Å². The maximum absolute atomic E-state index is 14.1. The predicted molar refractivity (Wildman–Crippen MR) is 77.9 cm³/mol. The van der Waals surface area contributed by atoms with Gasteiger partial charge in [0.05, 0.1) is 20.8 Å². The highest BCUT2D eigenvalue weighted by Gasteiger charge is 2.39. The Morgan fingerprint density at radius 2 is 2.00 bits per heavy atom. The van der Waals surface area contributed by atoms with Gasteiger partial charge in [0, 0.05) is 0 Å². The van der Waals surface area contributed by atoms with Gasteiger partial charge in [0.15, 0.2) is 0 Å². The summed E-state index contributed by atoms with van der Waals surface area (Å²) in [6.45, 7) is 3.56. The summed E-state index contributed by atoms with van der Waals surface area (Å²) in [7, 11) is -1.52. The summed E-state index contributed by atoms with van der Waals surface area (Å²) in [6, 6.07) is 2.17. The standard InChI is InChI=1S/C14H18ClF2NOS/c1-14(2,20(18)19)7-10(8-3-4-8)9-5-13(17)11(15)6-12(9)16/h5-6,8,10H,3-4,7,18H2,1-2H3/t10-,20?/m1/s1. The molecule has 1 aromatic carbocycles. The minimum atomic E-state index is -1.52. The van der Waals surface area contributed by atoms with Gasteiger partial charge in [-0.15, -0.1) is 0 Å². The normalized spacial score (nSPS) is 18.9. The molecule has 1 unspecified atom stereocenters. The minimum Gasteiger partial charge on any atom is -0.251 e. The molecule has 0 aliphatic heterocycles. The van der Waals surface area contributed by atoms with Gasteiger partial charge in [-0.25, -0.2) is 13.0 Å². The molecule has 1 saturated carbocycles. The van der Waals surface area contributed by atoms with Crippen LogP contribution in [0.4, 0.5) is 8.78 Å². The van der Waals surface area contributed by atoms with Crippen LogP contribution in [0.25, 0.3) is 0 Å². The van der Waals surface area contributed by atoms with Gasteiger partial charge in [-0.3, -0.25) is 5.14 Å². The van der Waals surface area contributed by atoms with Crippen molar-refractivity contribution in [1.82, 2.24) is 0 Å². The molecule has 1 aliphatic carbocycles. The van der Waals surface area contributed by atoms with Crippen LogP contribution in [0.1, 0.15) is 44.6 Å². The van der Waals surface area contributed by atoms with Crippen molar-refractivity contribution in [3.8, 4) is 0 Å². The third kappa shape index (κ3) is 3.38. The van der Waals surface area contributed by atoms with E-state index in [1.165, 1.54) is 0 Å². The molecule has 0 aromatic heterocycles. The molecule has 20 heavy (non-hydrogen) atoms. The number of rotatable bonds is 5. The average Bonchev–Trinajstić information content (AvgIpc) is 3.15. The fourth-order valence-corrected chi connectivity index (χ4v) is 2.96. The van der Waals surface area contributed by atoms with Crippen LogP contribution in [0.15, 0.2) is 12.1 Å². The first-order valence-electron chi connectivity index (χ1n) is 6.53. The largest absolute Gasteiger partial charge is 0.251 e. The van der Waals surface area contributed by atoms with Crippen molar-refractivity contribution < 1.29 is 13.0 Å². The zero-order valence-electron chi connectivity index (χ0n) is 11.5. The van der Waals surface area contributed by atoms with Crippen LogP contribution in [0.5, 0.6) is 0 Å². The molecule has 1 aliphatic rings. The van der Waals surface area contributed by atoms with Crippen molar-refractivity contribution in [1.29, 1.82) is 0 Å². The molecule has 2 nitrogen and oxygen atoms in total. The first-order valence-corrected chi connectivity index (χ1v) is 8.12. The lowest BCUT2D eigenvalue weighted by molar-refractivity contribution is 0.457. The molecule has 0 bridgehead atoms. The van der Waals surface area contributed by atoms with E-state index in [4.69, 9.17) is 16.7 Å². The van der Waals surface area contributed by atoms with Gasteiger partial charge in [0.1, 0.15) is 11.6 Å². The number of halogens is 3. The van der Waals surface area contributed by atoms with E-state index in [9.17, 15) is 13.0 Å². The summed E-state index contributed by atoms with van der Waals surface area (Å²) in [6.07, 6.45) is 2.40. The Morgan fingerprint density at radius 1 is 1.40 bits per heavy atom. The van der Waals surface area contributed by atoms with Crippen molar-refractivity contribution in [3.63, 3.8) is 0 Å². The summed E-state index contributed by atoms with van der Waals surface area (Å²) >= 11 is 5.59. The first-order chi connectivity index (χ1) is 9.22. The molecule has 2 rings (SSSR count). The summed E-state index contributed by atoms with van der Waals surface area (Å²) < 4.78 is 38.6. The summed E-state index contributed by atoms with van der Waals surface area (Å²) in [4.78, 5) is 0. The van der Waals surface area contributed by atoms with Crippen LogP contribution in [-0.2, 0) is 11.0 Å². The predicted octanol–water partition coefficient (Wildman–Crippen LogP) is 3.90. The van der Waals surface area contributed by atoms with Gasteiger partial charge in [-0.05, 0) is 62.6 Å². The van der Waals surface area contributed by atoms with E-state index in [0.717, 1.165) is 25.0 Å². The second kappa shape index (κ2) is 5.70. The Balaban J connectivity index is 2.35. The highest BCUT2D eigenvalue weighted by molar-refractivity contribution is 7.84. The fourth-order valence-electron chi connectivity index (χ4n) is 2.46. The van der Waals surface area contributed by atoms with Gasteiger partial charge in [-0.1, -0.05) is 11.6 Å². The van der Waals surface area contributed by atoms with Crippen LogP contribution in [0, 0.1) is 17.6 Å². The third-order valence-electron chi connectivity index (χ3n) is 3.89. The Morgan fingerprint density at radius 3 is 2.50 bits per heavy atom. The molecule has 0 saturated heterocycles. The number of hydrogen-bond donors (Lipinski definition) is 1. The third-order valence-corrected chi connectivity index (χ3v) is 5.43. The fraction of sp³-hybridized carbons (Fsp3) is 0.571. The SMILES string of the molecule is CC(C)(C[C@@H](c1cc(F)c(Cl)cc1F)C1CC1)S(N)=O. The van der Waals surface area contributed by atoms with E-state index in [-0.39, 0.29) is 10.9 Å². The molecule has 0 spiro atoms. The van der Waals surface area contributed by atoms with E-state index in [2.05, 4.69) is 0 Å². The molecule has 6 heteroatoms. The number of hydrogen-bond acceptors (Lipinski definition) is 1. The van der Waals surface area contributed by atoms with Crippen LogP contribution in [-0.4, -0.2) is 8.96 Å². The second-order valence-corrected chi connectivity index (χ2v) is 8.10. The molecule has 2 atom stereocenters. The lowest BCUT2D eigenvalue weighted by Crippen LogP contribution is -2.34. The quantitative estimate of drug-likeness (QED) is 0.821. The lowest BCUT2D eigenvalue weighted by atomic mass is 9.85. The van der Waals surface area contributed by atoms with Crippen LogP contribution >= 0.6 is 11.6 Å². The second-order valence-electron chi connectivity index (χ2n) is 5.99. The van der Waals surface area contributed by atoms with E-state index < -0.39 is 27.4 Å². The van der Waals surface area contributed by atoms with E-state index >= 15 is 0 Å². The van der Waals surface area contributed by atoms with Crippen molar-refractivity contribution >= 4 is 22.6 Å². The molecular formula is C14H18ClF2NOS. The molecule has 0 amide bonds. The van der Waals surface area contributed by atoms with Crippen LogP contribution in [0.2, 0.25) is 5.02 Å². The van der Waals surface area contributed by atoms with Gasteiger partial charge >= 0.3 is 0 Å². The zero-order valence-corrected chi connectivity index (χ0v) is 13.0. The van der Waals surface area contributed by atoms with E-state index in [0.29, 0.717) is 17.9 Å². The van der Waals surface area contributed by atoms with Crippen molar-refractivity contribution in [2.24, 2.45) is 11.1 Å². The average molecular weight is 322 g/mol. The topological polar surface area (TPSA) is 43.1 Å². The molecular weight excluding hydrogens is 304 g/mol. The molecule has 2 N–H and O–H groups in total. The Labute approximate surface area is 125 Å². The van der Waals surface area contributed by atoms with Gasteiger partial charge in [0.25, 0.3) is 0 Å². The molecule has 1 aromatic rings. The summed E-state index contributed by atoms with van der Waals surface area (Å²) in [5, 5.41) is 5.27. The Kier molecular flexibility index (Phi) is 4.52. The lowest BCUT2D eigenvalue weighted by Gasteiger charge is -2.28. The minimum absolute atomic E-state index is 0.177. The number of nitrogens with two attached hydrogens (primary N) is 1. The van der Waals surface area contributed by atoms with Gasteiger partial charge < -0.3 is 0 Å². The molecule has 0 radical (unpaired) electrons. The highest BCUT2D eigenvalue weighted by Crippen LogP contribution is 2.48. The monoisotopic (exact) mass is 321 g/mol. The first kappa shape index (κ1) is 15.9. The molecule has 1 fully saturated rings. The number of benzene rings is 1.